The van der Waals surface area contributed by atoms with Gasteiger partial charge in [0.2, 0.25) is 5.91 Å². The zero-order chi connectivity index (χ0) is 11.5. The van der Waals surface area contributed by atoms with Gasteiger partial charge in [-0.3, -0.25) is 4.79 Å². The summed E-state index contributed by atoms with van der Waals surface area (Å²) in [7, 11) is 1.74. The van der Waals surface area contributed by atoms with Crippen LogP contribution in [-0.4, -0.2) is 23.5 Å². The molecule has 0 aliphatic rings. The molecule has 1 aromatic rings. The summed E-state index contributed by atoms with van der Waals surface area (Å²) in [5.41, 5.74) is 0.0207. The van der Waals surface area contributed by atoms with Crippen LogP contribution in [0.15, 0.2) is 18.3 Å². The second-order valence-corrected chi connectivity index (χ2v) is 4.09. The molecule has 1 aromatic heterocycles. The van der Waals surface area contributed by atoms with Crippen molar-refractivity contribution in [1.29, 1.82) is 0 Å². The minimum Gasteiger partial charge on any atom is -0.323 e. The minimum atomic E-state index is -0.611. The number of likely N-dealkylation sites (N-methyl/N-ethyl adjacent to an activating group) is 1. The molecule has 15 heavy (non-hydrogen) atoms. The fourth-order valence-corrected chi connectivity index (χ4v) is 0.962. The van der Waals surface area contributed by atoms with Gasteiger partial charge in [0.1, 0.15) is 5.15 Å². The quantitative estimate of drug-likeness (QED) is 0.773. The molecule has 0 atom stereocenters. The fourth-order valence-electron chi connectivity index (χ4n) is 0.851. The van der Waals surface area contributed by atoms with E-state index in [-0.39, 0.29) is 5.91 Å². The van der Waals surface area contributed by atoms with E-state index in [0.717, 1.165) is 0 Å². The van der Waals surface area contributed by atoms with Gasteiger partial charge >= 0.3 is 0 Å². The predicted molar refractivity (Wildman–Crippen MR) is 61.0 cm³/mol. The van der Waals surface area contributed by atoms with Gasteiger partial charge in [-0.2, -0.15) is 0 Å². The van der Waals surface area contributed by atoms with Crippen molar-refractivity contribution in [3.8, 4) is 0 Å². The Bertz CT molecular complexity index is 348. The van der Waals surface area contributed by atoms with E-state index < -0.39 is 5.54 Å². The van der Waals surface area contributed by atoms with E-state index >= 15 is 0 Å². The van der Waals surface area contributed by atoms with Crippen molar-refractivity contribution in [3.63, 3.8) is 0 Å². The maximum Gasteiger partial charge on any atom is 0.244 e. The number of carbonyl (C=O) groups excluding carboxylic acids is 1. The van der Waals surface area contributed by atoms with E-state index in [9.17, 15) is 4.79 Å². The second-order valence-electron chi connectivity index (χ2n) is 3.70. The smallest absolute Gasteiger partial charge is 0.244 e. The molecular formula is C10H14ClN3O. The lowest BCUT2D eigenvalue weighted by Gasteiger charge is -2.22. The number of aromatic nitrogens is 1. The Kier molecular flexibility index (Phi) is 3.66. The molecule has 0 aliphatic heterocycles. The molecule has 2 N–H and O–H groups in total. The first-order chi connectivity index (χ1) is 6.95. The number of anilines is 1. The molecule has 82 valence electrons. The fraction of sp³-hybridized carbons (Fsp3) is 0.400. The molecule has 1 rings (SSSR count). The van der Waals surface area contributed by atoms with Gasteiger partial charge in [0.25, 0.3) is 0 Å². The Labute approximate surface area is 94.0 Å². The van der Waals surface area contributed by atoms with E-state index in [0.29, 0.717) is 10.8 Å². The summed E-state index contributed by atoms with van der Waals surface area (Å²) in [6, 6.07) is 3.34. The maximum absolute atomic E-state index is 11.7. The molecule has 1 amide bonds. The van der Waals surface area contributed by atoms with Crippen LogP contribution in [0.3, 0.4) is 0 Å². The molecule has 0 saturated carbocycles. The number of nitrogens with one attached hydrogen (secondary N) is 2. The third-order valence-electron chi connectivity index (χ3n) is 2.18. The summed E-state index contributed by atoms with van der Waals surface area (Å²) < 4.78 is 0. The number of halogens is 1. The van der Waals surface area contributed by atoms with Crippen molar-refractivity contribution in [2.24, 2.45) is 0 Å². The lowest BCUT2D eigenvalue weighted by Crippen LogP contribution is -2.47. The number of rotatable bonds is 3. The van der Waals surface area contributed by atoms with Gasteiger partial charge in [-0.05, 0) is 33.0 Å². The molecule has 4 nitrogen and oxygen atoms in total. The Morgan fingerprint density at radius 1 is 1.47 bits per heavy atom. The predicted octanol–water partition coefficient (Wildman–Crippen LogP) is 1.67. The molecule has 0 bridgehead atoms. The van der Waals surface area contributed by atoms with E-state index in [2.05, 4.69) is 15.6 Å². The van der Waals surface area contributed by atoms with Crippen molar-refractivity contribution >= 4 is 23.2 Å². The highest BCUT2D eigenvalue weighted by molar-refractivity contribution is 6.29. The van der Waals surface area contributed by atoms with Gasteiger partial charge < -0.3 is 10.6 Å². The first-order valence-electron chi connectivity index (χ1n) is 4.57. The van der Waals surface area contributed by atoms with Crippen molar-refractivity contribution in [2.45, 2.75) is 19.4 Å². The summed E-state index contributed by atoms with van der Waals surface area (Å²) in [6.07, 6.45) is 1.52. The number of hydrogen-bond acceptors (Lipinski definition) is 3. The Morgan fingerprint density at radius 3 is 2.60 bits per heavy atom. The molecule has 1 heterocycles. The first-order valence-corrected chi connectivity index (χ1v) is 4.95. The first kappa shape index (κ1) is 11.9. The van der Waals surface area contributed by atoms with Crippen LogP contribution in [0, 0.1) is 0 Å². The SMILES string of the molecule is CNC(C)(C)C(=O)Nc1ccc(Cl)nc1. The molecule has 0 radical (unpaired) electrons. The summed E-state index contributed by atoms with van der Waals surface area (Å²) in [5.74, 6) is -0.117. The van der Waals surface area contributed by atoms with E-state index in [1.54, 1.807) is 33.0 Å². The van der Waals surface area contributed by atoms with Crippen molar-refractivity contribution in [2.75, 3.05) is 12.4 Å². The van der Waals surface area contributed by atoms with Crippen LogP contribution in [0.5, 0.6) is 0 Å². The van der Waals surface area contributed by atoms with E-state index in [1.165, 1.54) is 6.20 Å². The Hall–Kier alpha value is -1.13. The highest BCUT2D eigenvalue weighted by Gasteiger charge is 2.24. The Balaban J connectivity index is 2.71. The second kappa shape index (κ2) is 4.59. The molecule has 0 spiro atoms. The summed E-state index contributed by atoms with van der Waals surface area (Å²) >= 11 is 5.63. The van der Waals surface area contributed by atoms with Gasteiger partial charge in [-0.1, -0.05) is 11.6 Å². The van der Waals surface area contributed by atoms with Gasteiger partial charge in [0.15, 0.2) is 0 Å². The number of amides is 1. The van der Waals surface area contributed by atoms with Crippen molar-refractivity contribution in [1.82, 2.24) is 10.3 Å². The zero-order valence-corrected chi connectivity index (χ0v) is 9.72. The molecular weight excluding hydrogens is 214 g/mol. The maximum atomic E-state index is 11.7. The van der Waals surface area contributed by atoms with Crippen molar-refractivity contribution in [3.05, 3.63) is 23.5 Å². The highest BCUT2D eigenvalue weighted by Crippen LogP contribution is 2.12. The third kappa shape index (κ3) is 3.18. The lowest BCUT2D eigenvalue weighted by atomic mass is 10.1. The summed E-state index contributed by atoms with van der Waals surface area (Å²) in [4.78, 5) is 15.6. The average molecular weight is 228 g/mol. The number of hydrogen-bond donors (Lipinski definition) is 2. The normalized spacial score (nSPS) is 11.2. The van der Waals surface area contributed by atoms with E-state index in [1.807, 2.05) is 0 Å². The molecule has 0 aliphatic carbocycles. The third-order valence-corrected chi connectivity index (χ3v) is 2.40. The van der Waals surface area contributed by atoms with Crippen LogP contribution in [0.4, 0.5) is 5.69 Å². The van der Waals surface area contributed by atoms with Crippen LogP contribution in [0.25, 0.3) is 0 Å². The van der Waals surface area contributed by atoms with E-state index in [4.69, 9.17) is 11.6 Å². The van der Waals surface area contributed by atoms with Gasteiger partial charge in [0, 0.05) is 0 Å². The lowest BCUT2D eigenvalue weighted by molar-refractivity contribution is -0.121. The van der Waals surface area contributed by atoms with Crippen LogP contribution >= 0.6 is 11.6 Å². The topological polar surface area (TPSA) is 54.0 Å². The van der Waals surface area contributed by atoms with Crippen LogP contribution in [-0.2, 0) is 4.79 Å². The highest BCUT2D eigenvalue weighted by atomic mass is 35.5. The van der Waals surface area contributed by atoms with Crippen LogP contribution in [0.2, 0.25) is 5.15 Å². The number of nitrogens with zero attached hydrogens (tertiary/aromatic N) is 1. The average Bonchev–Trinajstić information content (AvgIpc) is 2.21. The summed E-state index contributed by atoms with van der Waals surface area (Å²) in [6.45, 7) is 3.59. The molecule has 0 aromatic carbocycles. The van der Waals surface area contributed by atoms with Crippen molar-refractivity contribution < 1.29 is 4.79 Å². The summed E-state index contributed by atoms with van der Waals surface area (Å²) in [5, 5.41) is 6.06. The van der Waals surface area contributed by atoms with Crippen LogP contribution in [0.1, 0.15) is 13.8 Å². The van der Waals surface area contributed by atoms with Gasteiger partial charge in [-0.25, -0.2) is 4.98 Å². The number of carbonyl (C=O) groups is 1. The van der Waals surface area contributed by atoms with Gasteiger partial charge in [0.05, 0.1) is 17.4 Å². The standard InChI is InChI=1S/C10H14ClN3O/c1-10(2,12-3)9(15)14-7-4-5-8(11)13-6-7/h4-6,12H,1-3H3,(H,14,15). The van der Waals surface area contributed by atoms with Gasteiger partial charge in [-0.15, -0.1) is 0 Å². The molecule has 0 saturated heterocycles. The monoisotopic (exact) mass is 227 g/mol. The zero-order valence-electron chi connectivity index (χ0n) is 8.97. The van der Waals surface area contributed by atoms with Crippen LogP contribution < -0.4 is 10.6 Å². The number of pyridine rings is 1. The molecule has 5 heteroatoms. The largest absolute Gasteiger partial charge is 0.323 e. The minimum absolute atomic E-state index is 0.117. The Morgan fingerprint density at radius 2 is 2.13 bits per heavy atom. The molecule has 0 unspecified atom stereocenters. The molecule has 0 fully saturated rings.